The molecular weight excluding hydrogens is 196 g/mol. The van der Waals surface area contributed by atoms with E-state index in [1.54, 1.807) is 0 Å². The first kappa shape index (κ1) is 9.91. The fraction of sp³-hybridized carbons (Fsp3) is 0.429. The summed E-state index contributed by atoms with van der Waals surface area (Å²) in [6, 6.07) is 9.17. The standard InChI is InChI=1S/C14H18N2/c1-10-7-8-16(2)14(10)12-9-15-13-6-4-3-5-11(12)13/h3-6,9-10,14-15H,7-8H2,1-2H3. The van der Waals surface area contributed by atoms with Crippen molar-refractivity contribution in [3.05, 3.63) is 36.0 Å². The molecule has 0 radical (unpaired) electrons. The van der Waals surface area contributed by atoms with Gasteiger partial charge in [0.15, 0.2) is 0 Å². The highest BCUT2D eigenvalue weighted by molar-refractivity contribution is 5.83. The SMILES string of the molecule is CC1CCN(C)C1c1c[nH]c2ccccc12. The lowest BCUT2D eigenvalue weighted by molar-refractivity contribution is 0.287. The Bertz CT molecular complexity index is 490. The second-order valence-electron chi connectivity index (χ2n) is 4.98. The van der Waals surface area contributed by atoms with Crippen LogP contribution in [0.5, 0.6) is 0 Å². The van der Waals surface area contributed by atoms with E-state index in [9.17, 15) is 0 Å². The molecule has 0 bridgehead atoms. The van der Waals surface area contributed by atoms with Crippen LogP contribution in [0.4, 0.5) is 0 Å². The van der Waals surface area contributed by atoms with Gasteiger partial charge < -0.3 is 4.98 Å². The average molecular weight is 214 g/mol. The summed E-state index contributed by atoms with van der Waals surface area (Å²) in [5.41, 5.74) is 2.72. The first-order chi connectivity index (χ1) is 7.77. The first-order valence-corrected chi connectivity index (χ1v) is 6.03. The summed E-state index contributed by atoms with van der Waals surface area (Å²) in [6.45, 7) is 3.57. The van der Waals surface area contributed by atoms with Crippen LogP contribution in [0, 0.1) is 5.92 Å². The molecule has 0 amide bonds. The van der Waals surface area contributed by atoms with E-state index >= 15 is 0 Å². The molecule has 1 fully saturated rings. The number of aromatic amines is 1. The normalized spacial score (nSPS) is 26.6. The molecule has 0 spiro atoms. The summed E-state index contributed by atoms with van der Waals surface area (Å²) in [4.78, 5) is 5.85. The largest absolute Gasteiger partial charge is 0.361 e. The number of nitrogens with one attached hydrogen (secondary N) is 1. The zero-order chi connectivity index (χ0) is 11.1. The Morgan fingerprint density at radius 3 is 2.88 bits per heavy atom. The maximum Gasteiger partial charge on any atom is 0.0457 e. The second-order valence-corrected chi connectivity index (χ2v) is 4.98. The zero-order valence-corrected chi connectivity index (χ0v) is 9.90. The monoisotopic (exact) mass is 214 g/mol. The van der Waals surface area contributed by atoms with Crippen molar-refractivity contribution < 1.29 is 0 Å². The third kappa shape index (κ3) is 1.37. The van der Waals surface area contributed by atoms with Crippen molar-refractivity contribution in [3.63, 3.8) is 0 Å². The molecule has 2 nitrogen and oxygen atoms in total. The number of benzene rings is 1. The lowest BCUT2D eigenvalue weighted by Crippen LogP contribution is -2.19. The summed E-state index contributed by atoms with van der Waals surface area (Å²) >= 11 is 0. The van der Waals surface area contributed by atoms with Gasteiger partial charge in [0.25, 0.3) is 0 Å². The molecule has 2 atom stereocenters. The molecule has 1 aliphatic rings. The molecule has 2 unspecified atom stereocenters. The van der Waals surface area contributed by atoms with Crippen LogP contribution in [0.15, 0.2) is 30.5 Å². The van der Waals surface area contributed by atoms with Crippen molar-refractivity contribution in [1.29, 1.82) is 0 Å². The van der Waals surface area contributed by atoms with Gasteiger partial charge in [0, 0.05) is 23.1 Å². The van der Waals surface area contributed by atoms with Gasteiger partial charge in [-0.1, -0.05) is 25.1 Å². The van der Waals surface area contributed by atoms with Crippen molar-refractivity contribution in [1.82, 2.24) is 9.88 Å². The number of H-pyrrole nitrogens is 1. The summed E-state index contributed by atoms with van der Waals surface area (Å²) < 4.78 is 0. The van der Waals surface area contributed by atoms with Crippen LogP contribution in [0.3, 0.4) is 0 Å². The average Bonchev–Trinajstić information content (AvgIpc) is 2.83. The first-order valence-electron chi connectivity index (χ1n) is 6.03. The number of fused-ring (bicyclic) bond motifs is 1. The van der Waals surface area contributed by atoms with Crippen LogP contribution < -0.4 is 0 Å². The van der Waals surface area contributed by atoms with Crippen molar-refractivity contribution in [2.75, 3.05) is 13.6 Å². The number of rotatable bonds is 1. The molecule has 1 N–H and O–H groups in total. The molecule has 1 aromatic carbocycles. The van der Waals surface area contributed by atoms with E-state index in [-0.39, 0.29) is 0 Å². The lowest BCUT2D eigenvalue weighted by atomic mass is 9.95. The van der Waals surface area contributed by atoms with E-state index in [0.717, 1.165) is 5.92 Å². The second kappa shape index (κ2) is 3.63. The van der Waals surface area contributed by atoms with Crippen LogP contribution >= 0.6 is 0 Å². The predicted octanol–water partition coefficient (Wildman–Crippen LogP) is 3.18. The van der Waals surface area contributed by atoms with Gasteiger partial charge in [-0.25, -0.2) is 0 Å². The van der Waals surface area contributed by atoms with Gasteiger partial charge in [-0.05, 0) is 37.6 Å². The van der Waals surface area contributed by atoms with Crippen LogP contribution in [-0.4, -0.2) is 23.5 Å². The van der Waals surface area contributed by atoms with Gasteiger partial charge in [-0.3, -0.25) is 4.90 Å². The quantitative estimate of drug-likeness (QED) is 0.772. The molecule has 1 saturated heterocycles. The van der Waals surface area contributed by atoms with Gasteiger partial charge in [0.2, 0.25) is 0 Å². The highest BCUT2D eigenvalue weighted by atomic mass is 15.2. The Kier molecular flexibility index (Phi) is 2.25. The van der Waals surface area contributed by atoms with E-state index in [1.807, 2.05) is 0 Å². The molecule has 1 aromatic heterocycles. The van der Waals surface area contributed by atoms with Crippen LogP contribution in [0.25, 0.3) is 10.9 Å². The van der Waals surface area contributed by atoms with Crippen LogP contribution in [0.2, 0.25) is 0 Å². The van der Waals surface area contributed by atoms with Crippen molar-refractivity contribution >= 4 is 10.9 Å². The molecule has 16 heavy (non-hydrogen) atoms. The van der Waals surface area contributed by atoms with E-state index in [2.05, 4.69) is 54.3 Å². The van der Waals surface area contributed by atoms with E-state index < -0.39 is 0 Å². The Balaban J connectivity index is 2.11. The van der Waals surface area contributed by atoms with Crippen LogP contribution in [0.1, 0.15) is 24.9 Å². The number of aromatic nitrogens is 1. The van der Waals surface area contributed by atoms with Crippen LogP contribution in [-0.2, 0) is 0 Å². The Labute approximate surface area is 96.3 Å². The number of para-hydroxylation sites is 1. The summed E-state index contributed by atoms with van der Waals surface area (Å²) in [7, 11) is 2.23. The Hall–Kier alpha value is -1.28. The zero-order valence-electron chi connectivity index (χ0n) is 9.90. The minimum absolute atomic E-state index is 0.580. The van der Waals surface area contributed by atoms with E-state index in [4.69, 9.17) is 0 Å². The predicted molar refractivity (Wildman–Crippen MR) is 67.5 cm³/mol. The highest BCUT2D eigenvalue weighted by Gasteiger charge is 2.31. The fourth-order valence-corrected chi connectivity index (χ4v) is 3.02. The summed E-state index contributed by atoms with van der Waals surface area (Å²) in [5, 5.41) is 1.38. The molecular formula is C14H18N2. The minimum atomic E-state index is 0.580. The maximum atomic E-state index is 3.38. The van der Waals surface area contributed by atoms with Gasteiger partial charge in [-0.15, -0.1) is 0 Å². The lowest BCUT2D eigenvalue weighted by Gasteiger charge is -2.22. The number of likely N-dealkylation sites (tertiary alicyclic amines) is 1. The van der Waals surface area contributed by atoms with Gasteiger partial charge in [-0.2, -0.15) is 0 Å². The Morgan fingerprint density at radius 2 is 2.12 bits per heavy atom. The minimum Gasteiger partial charge on any atom is -0.361 e. The van der Waals surface area contributed by atoms with E-state index in [1.165, 1.54) is 29.4 Å². The third-order valence-corrected chi connectivity index (χ3v) is 3.89. The third-order valence-electron chi connectivity index (χ3n) is 3.89. The number of hydrogen-bond acceptors (Lipinski definition) is 1. The summed E-state index contributed by atoms with van der Waals surface area (Å²) in [6.07, 6.45) is 3.49. The van der Waals surface area contributed by atoms with Crippen molar-refractivity contribution in [2.24, 2.45) is 5.92 Å². The highest BCUT2D eigenvalue weighted by Crippen LogP contribution is 2.38. The molecule has 0 aliphatic carbocycles. The number of hydrogen-bond donors (Lipinski definition) is 1. The molecule has 1 aliphatic heterocycles. The summed E-state index contributed by atoms with van der Waals surface area (Å²) in [5.74, 6) is 0.754. The smallest absolute Gasteiger partial charge is 0.0457 e. The molecule has 84 valence electrons. The molecule has 2 heterocycles. The van der Waals surface area contributed by atoms with E-state index in [0.29, 0.717) is 6.04 Å². The van der Waals surface area contributed by atoms with Gasteiger partial charge >= 0.3 is 0 Å². The topological polar surface area (TPSA) is 19.0 Å². The molecule has 2 heteroatoms. The van der Waals surface area contributed by atoms with Crippen molar-refractivity contribution in [3.8, 4) is 0 Å². The Morgan fingerprint density at radius 1 is 1.31 bits per heavy atom. The molecule has 0 saturated carbocycles. The van der Waals surface area contributed by atoms with Gasteiger partial charge in [0.05, 0.1) is 0 Å². The maximum absolute atomic E-state index is 3.38. The van der Waals surface area contributed by atoms with Gasteiger partial charge in [0.1, 0.15) is 0 Å². The molecule has 2 aromatic rings. The fourth-order valence-electron chi connectivity index (χ4n) is 3.02. The molecule has 3 rings (SSSR count). The van der Waals surface area contributed by atoms with Crippen molar-refractivity contribution in [2.45, 2.75) is 19.4 Å². The number of nitrogens with zero attached hydrogens (tertiary/aromatic N) is 1.